The number of benzene rings is 3. The highest BCUT2D eigenvalue weighted by molar-refractivity contribution is 5.61. The fourth-order valence-electron chi connectivity index (χ4n) is 5.18. The highest BCUT2D eigenvalue weighted by Crippen LogP contribution is 2.39. The topological polar surface area (TPSA) is 6.48 Å². The minimum Gasteiger partial charge on any atom is -0.372 e. The van der Waals surface area contributed by atoms with Crippen LogP contribution in [0, 0.1) is 27.7 Å². The van der Waals surface area contributed by atoms with Crippen molar-refractivity contribution in [2.45, 2.75) is 61.3 Å². The number of anilines is 2. The molecule has 3 aromatic carbocycles. The fourth-order valence-corrected chi connectivity index (χ4v) is 5.18. The third-order valence-electron chi connectivity index (χ3n) is 7.07. The van der Waals surface area contributed by atoms with Crippen molar-refractivity contribution in [3.8, 4) is 0 Å². The molecule has 2 nitrogen and oxygen atoms in total. The molecular weight excluding hydrogens is 400 g/mol. The zero-order valence-corrected chi connectivity index (χ0v) is 22.0. The molecular formula is C31H42N2. The molecule has 0 aromatic heterocycles. The van der Waals surface area contributed by atoms with E-state index in [9.17, 15) is 0 Å². The Bertz CT molecular complexity index is 1070. The lowest BCUT2D eigenvalue weighted by atomic mass is 9.80. The molecule has 0 aliphatic rings. The summed E-state index contributed by atoms with van der Waals surface area (Å²) < 4.78 is 0. The smallest absolute Gasteiger partial charge is 0.0398 e. The maximum Gasteiger partial charge on any atom is 0.0398 e. The SMILES string of the molecule is CCN(CC)c1ccc(C(c2cccc(C)c2)c2cc(C)c(N(CC)CC)cc2C)c(C)c1. The molecule has 3 rings (SSSR count). The predicted octanol–water partition coefficient (Wildman–Crippen LogP) is 7.79. The van der Waals surface area contributed by atoms with Crippen LogP contribution in [0.1, 0.15) is 72.6 Å². The molecule has 0 spiro atoms. The summed E-state index contributed by atoms with van der Waals surface area (Å²) in [7, 11) is 0. The first-order chi connectivity index (χ1) is 15.8. The Morgan fingerprint density at radius 1 is 0.606 bits per heavy atom. The Morgan fingerprint density at radius 2 is 1.24 bits per heavy atom. The molecule has 176 valence electrons. The molecule has 0 N–H and O–H groups in total. The highest BCUT2D eigenvalue weighted by Gasteiger charge is 2.23. The molecule has 2 heteroatoms. The van der Waals surface area contributed by atoms with Crippen molar-refractivity contribution in [1.82, 2.24) is 0 Å². The molecule has 0 aliphatic carbocycles. The molecule has 0 aliphatic heterocycles. The zero-order valence-electron chi connectivity index (χ0n) is 22.0. The van der Waals surface area contributed by atoms with E-state index in [-0.39, 0.29) is 5.92 Å². The molecule has 0 radical (unpaired) electrons. The Morgan fingerprint density at radius 3 is 1.82 bits per heavy atom. The van der Waals surface area contributed by atoms with Crippen LogP contribution in [0.3, 0.4) is 0 Å². The van der Waals surface area contributed by atoms with Gasteiger partial charge in [-0.15, -0.1) is 0 Å². The van der Waals surface area contributed by atoms with E-state index in [1.54, 1.807) is 0 Å². The van der Waals surface area contributed by atoms with Gasteiger partial charge in [0, 0.05) is 43.5 Å². The van der Waals surface area contributed by atoms with Crippen molar-refractivity contribution in [2.24, 2.45) is 0 Å². The molecule has 3 aromatic rings. The van der Waals surface area contributed by atoms with Crippen molar-refractivity contribution in [3.05, 3.63) is 93.5 Å². The van der Waals surface area contributed by atoms with Gasteiger partial charge in [0.05, 0.1) is 0 Å². The van der Waals surface area contributed by atoms with Crippen molar-refractivity contribution in [1.29, 1.82) is 0 Å². The van der Waals surface area contributed by atoms with E-state index in [0.717, 1.165) is 26.2 Å². The summed E-state index contributed by atoms with van der Waals surface area (Å²) in [5.74, 6) is 0.222. The molecule has 0 amide bonds. The summed E-state index contributed by atoms with van der Waals surface area (Å²) in [6.45, 7) is 22.1. The summed E-state index contributed by atoms with van der Waals surface area (Å²) in [5, 5.41) is 0. The minimum absolute atomic E-state index is 0.222. The van der Waals surface area contributed by atoms with Gasteiger partial charge in [-0.1, -0.05) is 42.0 Å². The van der Waals surface area contributed by atoms with Crippen LogP contribution >= 0.6 is 0 Å². The van der Waals surface area contributed by atoms with Gasteiger partial charge in [-0.25, -0.2) is 0 Å². The molecule has 0 fully saturated rings. The standard InChI is InChI=1S/C31H42N2/c1-9-32(10-2)27-16-17-28(23(6)19-27)31(26-15-13-14-22(5)18-26)29-20-25(8)30(21-24(29)7)33(11-3)12-4/h13-21,31H,9-12H2,1-8H3. The molecule has 1 unspecified atom stereocenters. The van der Waals surface area contributed by atoms with Crippen LogP contribution in [0.4, 0.5) is 11.4 Å². The number of nitrogens with zero attached hydrogens (tertiary/aromatic N) is 2. The van der Waals surface area contributed by atoms with Gasteiger partial charge in [-0.05, 0) is 107 Å². The van der Waals surface area contributed by atoms with E-state index in [4.69, 9.17) is 0 Å². The van der Waals surface area contributed by atoms with Gasteiger partial charge >= 0.3 is 0 Å². The van der Waals surface area contributed by atoms with Crippen molar-refractivity contribution < 1.29 is 0 Å². The van der Waals surface area contributed by atoms with E-state index in [1.807, 2.05) is 0 Å². The number of rotatable bonds is 9. The van der Waals surface area contributed by atoms with Crippen LogP contribution < -0.4 is 9.80 Å². The number of hydrogen-bond acceptors (Lipinski definition) is 2. The lowest BCUT2D eigenvalue weighted by Crippen LogP contribution is -2.23. The molecule has 0 heterocycles. The average molecular weight is 443 g/mol. The number of hydrogen-bond donors (Lipinski definition) is 0. The predicted molar refractivity (Wildman–Crippen MR) is 146 cm³/mol. The molecule has 0 saturated carbocycles. The quantitative estimate of drug-likeness (QED) is 0.312. The van der Waals surface area contributed by atoms with E-state index in [1.165, 1.54) is 50.3 Å². The zero-order chi connectivity index (χ0) is 24.1. The molecule has 0 saturated heterocycles. The molecule has 0 bridgehead atoms. The second kappa shape index (κ2) is 10.9. The van der Waals surface area contributed by atoms with Gasteiger partial charge in [-0.2, -0.15) is 0 Å². The van der Waals surface area contributed by atoms with E-state index in [2.05, 4.69) is 120 Å². The lowest BCUT2D eigenvalue weighted by Gasteiger charge is -2.29. The van der Waals surface area contributed by atoms with E-state index >= 15 is 0 Å². The minimum atomic E-state index is 0.222. The van der Waals surface area contributed by atoms with E-state index in [0.29, 0.717) is 0 Å². The van der Waals surface area contributed by atoms with Crippen LogP contribution in [-0.4, -0.2) is 26.2 Å². The van der Waals surface area contributed by atoms with Gasteiger partial charge in [0.25, 0.3) is 0 Å². The summed E-state index contributed by atoms with van der Waals surface area (Å²) >= 11 is 0. The summed E-state index contributed by atoms with van der Waals surface area (Å²) in [4.78, 5) is 4.88. The van der Waals surface area contributed by atoms with Crippen LogP contribution in [0.5, 0.6) is 0 Å². The van der Waals surface area contributed by atoms with Crippen LogP contribution in [-0.2, 0) is 0 Å². The third-order valence-corrected chi connectivity index (χ3v) is 7.07. The normalized spacial score (nSPS) is 12.0. The average Bonchev–Trinajstić information content (AvgIpc) is 2.80. The maximum atomic E-state index is 2.46. The lowest BCUT2D eigenvalue weighted by molar-refractivity contribution is 0.855. The Balaban J connectivity index is 2.20. The first-order valence-electron chi connectivity index (χ1n) is 12.6. The molecule has 1 atom stereocenters. The first-order valence-corrected chi connectivity index (χ1v) is 12.6. The van der Waals surface area contributed by atoms with Crippen LogP contribution in [0.15, 0.2) is 54.6 Å². The first kappa shape index (κ1) is 24.9. The second-order valence-corrected chi connectivity index (χ2v) is 9.23. The summed E-state index contributed by atoms with van der Waals surface area (Å²) in [5.41, 5.74) is 12.2. The van der Waals surface area contributed by atoms with Crippen molar-refractivity contribution in [3.63, 3.8) is 0 Å². The Labute approximate surface area is 202 Å². The van der Waals surface area contributed by atoms with Gasteiger partial charge in [0.2, 0.25) is 0 Å². The maximum absolute atomic E-state index is 2.46. The highest BCUT2D eigenvalue weighted by atomic mass is 15.1. The van der Waals surface area contributed by atoms with Crippen LogP contribution in [0.2, 0.25) is 0 Å². The summed E-state index contributed by atoms with van der Waals surface area (Å²) in [6, 6.07) is 20.9. The Kier molecular flexibility index (Phi) is 8.24. The largest absolute Gasteiger partial charge is 0.372 e. The van der Waals surface area contributed by atoms with Crippen LogP contribution in [0.25, 0.3) is 0 Å². The van der Waals surface area contributed by atoms with Gasteiger partial charge < -0.3 is 9.80 Å². The van der Waals surface area contributed by atoms with Crippen molar-refractivity contribution >= 4 is 11.4 Å². The molecule has 33 heavy (non-hydrogen) atoms. The summed E-state index contributed by atoms with van der Waals surface area (Å²) in [6.07, 6.45) is 0. The second-order valence-electron chi connectivity index (χ2n) is 9.23. The number of aryl methyl sites for hydroxylation is 4. The fraction of sp³-hybridized carbons (Fsp3) is 0.419. The third kappa shape index (κ3) is 5.27. The van der Waals surface area contributed by atoms with Gasteiger partial charge in [0.15, 0.2) is 0 Å². The monoisotopic (exact) mass is 442 g/mol. The van der Waals surface area contributed by atoms with Gasteiger partial charge in [0.1, 0.15) is 0 Å². The Hall–Kier alpha value is -2.74. The van der Waals surface area contributed by atoms with Crippen molar-refractivity contribution in [2.75, 3.05) is 36.0 Å². The van der Waals surface area contributed by atoms with E-state index < -0.39 is 0 Å². The van der Waals surface area contributed by atoms with Gasteiger partial charge in [-0.3, -0.25) is 0 Å².